The number of carbonyl (C=O) groups excluding carboxylic acids is 5. The second-order valence-corrected chi connectivity index (χ2v) is 15.7. The van der Waals surface area contributed by atoms with Crippen LogP contribution in [0.1, 0.15) is 115 Å². The van der Waals surface area contributed by atoms with Gasteiger partial charge in [-0.1, -0.05) is 27.7 Å². The highest BCUT2D eigenvalue weighted by Crippen LogP contribution is 2.38. The number of Topliss-reactive ketones (excluding diaryl/α,β-unsaturated/α-hetero) is 2. The standard InChI is InChI=1S/C38H64N2O11/c1-14-30(37(9,10)46)50-35(45)25(6)32(44)24(5)34(51-36-33(49-27(8)42)29(40(12)13)18-23(4)48-36)38(11)19-22(3)31(39-26(7)41)21(2)16-15-17-28(43)20-47-38/h21-25,29-30,33-34,36,46H,14-20H2,1-13H3/t21-,22-,23-,24+,25-,29+,30-,33-,34-,36+,38-/m1/s1. The molecule has 2 aliphatic heterocycles. The molecule has 0 saturated carbocycles. The fourth-order valence-electron chi connectivity index (χ4n) is 7.45. The molecule has 1 amide bonds. The van der Waals surface area contributed by atoms with Gasteiger partial charge in [0.1, 0.15) is 18.6 Å². The largest absolute Gasteiger partial charge is 0.459 e. The molecule has 13 nitrogen and oxygen atoms in total. The number of ether oxygens (including phenoxy) is 5. The van der Waals surface area contributed by atoms with Crippen molar-refractivity contribution in [3.63, 3.8) is 0 Å². The van der Waals surface area contributed by atoms with E-state index < -0.39 is 65.4 Å². The third kappa shape index (κ3) is 12.5. The monoisotopic (exact) mass is 724 g/mol. The molecule has 0 aromatic rings. The van der Waals surface area contributed by atoms with Crippen LogP contribution in [0.15, 0.2) is 4.99 Å². The predicted molar refractivity (Wildman–Crippen MR) is 191 cm³/mol. The molecule has 0 aromatic heterocycles. The Labute approximate surface area is 304 Å². The molecule has 13 heteroatoms. The highest BCUT2D eigenvalue weighted by atomic mass is 16.7. The van der Waals surface area contributed by atoms with Crippen molar-refractivity contribution >= 4 is 35.1 Å². The highest BCUT2D eigenvalue weighted by Gasteiger charge is 2.51. The zero-order chi connectivity index (χ0) is 39.0. The Morgan fingerprint density at radius 1 is 1.10 bits per heavy atom. The summed E-state index contributed by atoms with van der Waals surface area (Å²) in [6, 6.07) is -0.298. The number of amides is 1. The maximum atomic E-state index is 14.3. The van der Waals surface area contributed by atoms with Gasteiger partial charge in [0, 0.05) is 31.9 Å². The first-order valence-electron chi connectivity index (χ1n) is 18.4. The van der Waals surface area contributed by atoms with Crippen LogP contribution in [0.3, 0.4) is 0 Å². The van der Waals surface area contributed by atoms with E-state index in [2.05, 4.69) is 4.99 Å². The summed E-state index contributed by atoms with van der Waals surface area (Å²) < 4.78 is 31.0. The summed E-state index contributed by atoms with van der Waals surface area (Å²) in [4.78, 5) is 71.9. The summed E-state index contributed by atoms with van der Waals surface area (Å²) in [6.45, 7) is 17.9. The van der Waals surface area contributed by atoms with Crippen molar-refractivity contribution in [1.29, 1.82) is 0 Å². The molecule has 0 unspecified atom stereocenters. The molecular formula is C38H64N2O11. The summed E-state index contributed by atoms with van der Waals surface area (Å²) in [5, 5.41) is 10.5. The van der Waals surface area contributed by atoms with Gasteiger partial charge in [0.25, 0.3) is 0 Å². The van der Waals surface area contributed by atoms with Crippen molar-refractivity contribution in [2.75, 3.05) is 20.7 Å². The highest BCUT2D eigenvalue weighted by molar-refractivity contribution is 6.00. The van der Waals surface area contributed by atoms with E-state index in [1.807, 2.05) is 39.8 Å². The topological polar surface area (TPSA) is 167 Å². The Morgan fingerprint density at radius 3 is 2.25 bits per heavy atom. The molecule has 51 heavy (non-hydrogen) atoms. The van der Waals surface area contributed by atoms with E-state index in [-0.39, 0.29) is 55.1 Å². The molecule has 2 heterocycles. The first kappa shape index (κ1) is 44.6. The van der Waals surface area contributed by atoms with Crippen LogP contribution in [0.5, 0.6) is 0 Å². The normalized spacial score (nSPS) is 31.6. The van der Waals surface area contributed by atoms with Gasteiger partial charge in [0.05, 0.1) is 29.5 Å². The fraction of sp³-hybridized carbons (Fsp3) is 0.842. The SMILES string of the molecule is CC[C@@H](OC(=O)[C@H](C)C(=O)[C@H](C)[C@@H](O[C@@H]1O[C@H](C)C[C@H](N(C)C)[C@H]1OC(C)=O)[C@@]1(C)C[C@@H](C)C(=NC(C)=O)[C@H](C)CCCC(=O)CO1)C(C)(C)O. The van der Waals surface area contributed by atoms with E-state index in [4.69, 9.17) is 23.7 Å². The lowest BCUT2D eigenvalue weighted by Gasteiger charge is -2.47. The van der Waals surface area contributed by atoms with Crippen LogP contribution in [-0.2, 0) is 47.7 Å². The van der Waals surface area contributed by atoms with Gasteiger partial charge in [-0.25, -0.2) is 4.99 Å². The molecule has 0 aromatic carbocycles. The summed E-state index contributed by atoms with van der Waals surface area (Å²) in [7, 11) is 3.73. The van der Waals surface area contributed by atoms with E-state index in [0.717, 1.165) is 0 Å². The Morgan fingerprint density at radius 2 is 1.73 bits per heavy atom. The zero-order valence-electron chi connectivity index (χ0n) is 33.1. The summed E-state index contributed by atoms with van der Waals surface area (Å²) in [5.74, 6) is -5.09. The first-order valence-corrected chi connectivity index (χ1v) is 18.4. The maximum Gasteiger partial charge on any atom is 0.316 e. The van der Waals surface area contributed by atoms with E-state index in [9.17, 15) is 29.1 Å². The molecule has 0 bridgehead atoms. The van der Waals surface area contributed by atoms with Gasteiger partial charge in [-0.15, -0.1) is 0 Å². The van der Waals surface area contributed by atoms with E-state index in [0.29, 0.717) is 31.4 Å². The summed E-state index contributed by atoms with van der Waals surface area (Å²) >= 11 is 0. The number of carbonyl (C=O) groups is 5. The van der Waals surface area contributed by atoms with Crippen LogP contribution in [0, 0.1) is 23.7 Å². The lowest BCUT2D eigenvalue weighted by atomic mass is 9.76. The van der Waals surface area contributed by atoms with Gasteiger partial charge in [0.15, 0.2) is 24.0 Å². The molecule has 2 aliphatic rings. The van der Waals surface area contributed by atoms with Gasteiger partial charge in [-0.3, -0.25) is 24.0 Å². The van der Waals surface area contributed by atoms with Gasteiger partial charge in [-0.05, 0) is 92.7 Å². The van der Waals surface area contributed by atoms with Gasteiger partial charge in [0.2, 0.25) is 5.91 Å². The number of aliphatic imine (C=N–C) groups is 1. The summed E-state index contributed by atoms with van der Waals surface area (Å²) in [5.41, 5.74) is -2.05. The quantitative estimate of drug-likeness (QED) is 0.222. The number of rotatable bonds is 12. The number of nitrogens with zero attached hydrogens (tertiary/aromatic N) is 2. The van der Waals surface area contributed by atoms with Crippen molar-refractivity contribution in [3.8, 4) is 0 Å². The number of ketones is 2. The molecular weight excluding hydrogens is 660 g/mol. The molecule has 2 fully saturated rings. The third-order valence-corrected chi connectivity index (χ3v) is 10.2. The Bertz CT molecular complexity index is 1260. The van der Waals surface area contributed by atoms with Crippen LogP contribution in [0.25, 0.3) is 0 Å². The Hall–Kier alpha value is -2.58. The molecule has 292 valence electrons. The average Bonchev–Trinajstić information content (AvgIpc) is 3.03. The van der Waals surface area contributed by atoms with Crippen LogP contribution in [0.4, 0.5) is 0 Å². The molecule has 2 rings (SSSR count). The number of aliphatic hydroxyl groups is 1. The Kier molecular flexibility index (Phi) is 16.6. The maximum absolute atomic E-state index is 14.3. The Balaban J connectivity index is 2.73. The van der Waals surface area contributed by atoms with Crippen LogP contribution >= 0.6 is 0 Å². The lowest BCUT2D eigenvalue weighted by molar-refractivity contribution is -0.299. The average molecular weight is 725 g/mol. The van der Waals surface area contributed by atoms with Crippen molar-refractivity contribution in [2.24, 2.45) is 28.7 Å². The number of esters is 2. The van der Waals surface area contributed by atoms with Crippen molar-refractivity contribution in [1.82, 2.24) is 4.90 Å². The predicted octanol–water partition coefficient (Wildman–Crippen LogP) is 4.48. The van der Waals surface area contributed by atoms with Gasteiger partial charge >= 0.3 is 11.9 Å². The zero-order valence-corrected chi connectivity index (χ0v) is 33.1. The minimum atomic E-state index is -1.38. The molecule has 1 N–H and O–H groups in total. The minimum Gasteiger partial charge on any atom is -0.459 e. The smallest absolute Gasteiger partial charge is 0.316 e. The fourth-order valence-corrected chi connectivity index (χ4v) is 7.45. The van der Waals surface area contributed by atoms with Crippen LogP contribution in [-0.4, -0.2) is 114 Å². The van der Waals surface area contributed by atoms with Crippen molar-refractivity contribution < 1.29 is 52.8 Å². The van der Waals surface area contributed by atoms with Crippen molar-refractivity contribution in [2.45, 2.75) is 163 Å². The van der Waals surface area contributed by atoms with Crippen LogP contribution < -0.4 is 0 Å². The second-order valence-electron chi connectivity index (χ2n) is 15.7. The van der Waals surface area contributed by atoms with Crippen molar-refractivity contribution in [3.05, 3.63) is 0 Å². The van der Waals surface area contributed by atoms with E-state index in [1.54, 1.807) is 20.8 Å². The number of likely N-dealkylation sites (N-methyl/N-ethyl adjacent to an activating group) is 1. The van der Waals surface area contributed by atoms with E-state index >= 15 is 0 Å². The van der Waals surface area contributed by atoms with Gasteiger partial charge < -0.3 is 33.7 Å². The second kappa shape index (κ2) is 19.0. The first-order chi connectivity index (χ1) is 23.5. The molecule has 0 spiro atoms. The van der Waals surface area contributed by atoms with E-state index in [1.165, 1.54) is 34.6 Å². The minimum absolute atomic E-state index is 0.105. The number of hydrogen-bond donors (Lipinski definition) is 1. The van der Waals surface area contributed by atoms with Gasteiger partial charge in [-0.2, -0.15) is 0 Å². The lowest BCUT2D eigenvalue weighted by Crippen LogP contribution is -2.60. The molecule has 11 atom stereocenters. The third-order valence-electron chi connectivity index (χ3n) is 10.2. The molecule has 0 radical (unpaired) electrons. The molecule has 0 aliphatic carbocycles. The summed E-state index contributed by atoms with van der Waals surface area (Å²) in [6.07, 6.45) is -1.81. The number of hydrogen-bond acceptors (Lipinski definition) is 12. The van der Waals surface area contributed by atoms with Crippen LogP contribution in [0.2, 0.25) is 0 Å². The molecule has 2 saturated heterocycles.